The Morgan fingerprint density at radius 2 is 1.58 bits per heavy atom. The van der Waals surface area contributed by atoms with E-state index in [1.807, 2.05) is 18.2 Å². The van der Waals surface area contributed by atoms with Crippen molar-refractivity contribution >= 4 is 39.3 Å². The molecule has 1 heterocycles. The number of halogens is 1. The monoisotopic (exact) mass is 410 g/mol. The highest BCUT2D eigenvalue weighted by atomic mass is 35.5. The lowest BCUT2D eigenvalue weighted by molar-refractivity contribution is -0.129. The highest BCUT2D eigenvalue weighted by Crippen LogP contribution is 2.27. The topological polar surface area (TPSA) is 57.7 Å². The molecule has 2 aromatic carbocycles. The van der Waals surface area contributed by atoms with E-state index < -0.39 is 10.0 Å². The third-order valence-corrected chi connectivity index (χ3v) is 7.57. The molecule has 138 valence electrons. The lowest BCUT2D eigenvalue weighted by Crippen LogP contribution is -2.50. The average molecular weight is 411 g/mol. The fourth-order valence-electron chi connectivity index (χ4n) is 2.71. The van der Waals surface area contributed by atoms with Gasteiger partial charge in [0.1, 0.15) is 0 Å². The van der Waals surface area contributed by atoms with Crippen LogP contribution in [0.2, 0.25) is 5.02 Å². The van der Waals surface area contributed by atoms with Crippen LogP contribution in [-0.2, 0) is 14.8 Å². The minimum Gasteiger partial charge on any atom is -0.339 e. The van der Waals surface area contributed by atoms with E-state index in [9.17, 15) is 13.2 Å². The fourth-order valence-corrected chi connectivity index (χ4v) is 5.30. The number of rotatable bonds is 5. The van der Waals surface area contributed by atoms with E-state index >= 15 is 0 Å². The van der Waals surface area contributed by atoms with E-state index in [0.29, 0.717) is 31.2 Å². The van der Waals surface area contributed by atoms with Gasteiger partial charge in [-0.15, -0.1) is 11.8 Å². The molecule has 8 heteroatoms. The zero-order chi connectivity index (χ0) is 18.6. The van der Waals surface area contributed by atoms with Crippen molar-refractivity contribution in [2.24, 2.45) is 0 Å². The van der Waals surface area contributed by atoms with Gasteiger partial charge in [-0.1, -0.05) is 41.9 Å². The maximum atomic E-state index is 12.6. The number of carbonyl (C=O) groups excluding carboxylic acids is 1. The molecule has 1 fully saturated rings. The van der Waals surface area contributed by atoms with Gasteiger partial charge in [0.2, 0.25) is 15.9 Å². The Hall–Kier alpha value is -1.54. The van der Waals surface area contributed by atoms with Gasteiger partial charge < -0.3 is 4.90 Å². The first-order valence-electron chi connectivity index (χ1n) is 8.19. The van der Waals surface area contributed by atoms with Gasteiger partial charge in [-0.05, 0) is 24.3 Å². The summed E-state index contributed by atoms with van der Waals surface area (Å²) >= 11 is 7.50. The summed E-state index contributed by atoms with van der Waals surface area (Å²) < 4.78 is 26.7. The van der Waals surface area contributed by atoms with Gasteiger partial charge in [-0.3, -0.25) is 4.79 Å². The van der Waals surface area contributed by atoms with Crippen LogP contribution >= 0.6 is 23.4 Å². The van der Waals surface area contributed by atoms with Gasteiger partial charge in [0.25, 0.3) is 0 Å². The molecule has 0 unspecified atom stereocenters. The standard InChI is InChI=1S/C18H19ClN2O3S2/c19-16-8-4-5-9-17(16)25-14-18(22)20-10-12-21(13-11-20)26(23,24)15-6-2-1-3-7-15/h1-9H,10-14H2. The van der Waals surface area contributed by atoms with Gasteiger partial charge in [-0.2, -0.15) is 4.31 Å². The zero-order valence-corrected chi connectivity index (χ0v) is 16.4. The van der Waals surface area contributed by atoms with Crippen LogP contribution in [0, 0.1) is 0 Å². The SMILES string of the molecule is O=C(CSc1ccccc1Cl)N1CCN(S(=O)(=O)c2ccccc2)CC1. The van der Waals surface area contributed by atoms with Crippen LogP contribution in [0.4, 0.5) is 0 Å². The Bertz CT molecular complexity index is 867. The smallest absolute Gasteiger partial charge is 0.243 e. The third-order valence-electron chi connectivity index (χ3n) is 4.16. The zero-order valence-electron chi connectivity index (χ0n) is 14.0. The second-order valence-corrected chi connectivity index (χ2v) is 9.18. The predicted molar refractivity (Wildman–Crippen MR) is 104 cm³/mol. The summed E-state index contributed by atoms with van der Waals surface area (Å²) in [5.41, 5.74) is 0. The average Bonchev–Trinajstić information content (AvgIpc) is 2.68. The molecule has 1 aliphatic rings. The molecular weight excluding hydrogens is 392 g/mol. The summed E-state index contributed by atoms with van der Waals surface area (Å²) in [5.74, 6) is 0.279. The maximum absolute atomic E-state index is 12.6. The van der Waals surface area contributed by atoms with Gasteiger partial charge in [0.15, 0.2) is 0 Å². The number of piperazine rings is 1. The molecule has 1 amide bonds. The summed E-state index contributed by atoms with van der Waals surface area (Å²) in [5, 5.41) is 0.629. The number of amides is 1. The Morgan fingerprint density at radius 3 is 2.23 bits per heavy atom. The van der Waals surface area contributed by atoms with Crippen LogP contribution in [0.3, 0.4) is 0 Å². The summed E-state index contributed by atoms with van der Waals surface area (Å²) in [7, 11) is -3.50. The van der Waals surface area contributed by atoms with Crippen molar-refractivity contribution in [3.05, 3.63) is 59.6 Å². The number of benzene rings is 2. The van der Waals surface area contributed by atoms with Crippen molar-refractivity contribution in [3.63, 3.8) is 0 Å². The number of nitrogens with zero attached hydrogens (tertiary/aromatic N) is 2. The highest BCUT2D eigenvalue weighted by Gasteiger charge is 2.29. The molecule has 2 aromatic rings. The molecule has 5 nitrogen and oxygen atoms in total. The Labute approximate surface area is 163 Å². The van der Waals surface area contributed by atoms with Crippen molar-refractivity contribution in [3.8, 4) is 0 Å². The van der Waals surface area contributed by atoms with Gasteiger partial charge in [0, 0.05) is 31.1 Å². The summed E-state index contributed by atoms with van der Waals surface area (Å²) in [6.07, 6.45) is 0. The molecule has 0 aliphatic carbocycles. The van der Waals surface area contributed by atoms with Crippen LogP contribution in [0.5, 0.6) is 0 Å². The molecule has 1 saturated heterocycles. The number of carbonyl (C=O) groups is 1. The molecular formula is C18H19ClN2O3S2. The molecule has 0 N–H and O–H groups in total. The largest absolute Gasteiger partial charge is 0.339 e. The summed E-state index contributed by atoms with van der Waals surface area (Å²) in [4.78, 5) is 15.3. The van der Waals surface area contributed by atoms with Crippen LogP contribution in [0.25, 0.3) is 0 Å². The van der Waals surface area contributed by atoms with Crippen LogP contribution in [0.15, 0.2) is 64.4 Å². The number of sulfonamides is 1. The van der Waals surface area contributed by atoms with Crippen molar-refractivity contribution in [1.82, 2.24) is 9.21 Å². The Balaban J connectivity index is 1.55. The van der Waals surface area contributed by atoms with E-state index in [1.165, 1.54) is 16.1 Å². The highest BCUT2D eigenvalue weighted by molar-refractivity contribution is 8.00. The minimum atomic E-state index is -3.50. The lowest BCUT2D eigenvalue weighted by Gasteiger charge is -2.34. The molecule has 0 aromatic heterocycles. The fraction of sp³-hybridized carbons (Fsp3) is 0.278. The van der Waals surface area contributed by atoms with E-state index in [1.54, 1.807) is 41.3 Å². The number of hydrogen-bond donors (Lipinski definition) is 0. The van der Waals surface area contributed by atoms with Gasteiger partial charge in [-0.25, -0.2) is 8.42 Å². The molecule has 0 atom stereocenters. The molecule has 0 radical (unpaired) electrons. The molecule has 0 spiro atoms. The van der Waals surface area contributed by atoms with E-state index in [0.717, 1.165) is 4.90 Å². The van der Waals surface area contributed by atoms with Crippen molar-refractivity contribution < 1.29 is 13.2 Å². The first-order chi connectivity index (χ1) is 12.5. The van der Waals surface area contributed by atoms with Crippen LogP contribution in [-0.4, -0.2) is 55.5 Å². The maximum Gasteiger partial charge on any atom is 0.243 e. The van der Waals surface area contributed by atoms with Crippen molar-refractivity contribution in [2.75, 3.05) is 31.9 Å². The lowest BCUT2D eigenvalue weighted by atomic mass is 10.3. The summed E-state index contributed by atoms with van der Waals surface area (Å²) in [6.45, 7) is 1.40. The molecule has 0 saturated carbocycles. The number of thioether (sulfide) groups is 1. The molecule has 26 heavy (non-hydrogen) atoms. The quantitative estimate of drug-likeness (QED) is 0.711. The summed E-state index contributed by atoms with van der Waals surface area (Å²) in [6, 6.07) is 15.8. The first kappa shape index (κ1) is 19.2. The predicted octanol–water partition coefficient (Wildman–Crippen LogP) is 2.97. The second-order valence-electron chi connectivity index (χ2n) is 5.82. The minimum absolute atomic E-state index is 0.00770. The molecule has 0 bridgehead atoms. The number of hydrogen-bond acceptors (Lipinski definition) is 4. The molecule has 1 aliphatic heterocycles. The normalized spacial score (nSPS) is 15.8. The first-order valence-corrected chi connectivity index (χ1v) is 11.0. The third kappa shape index (κ3) is 4.40. The van der Waals surface area contributed by atoms with Crippen molar-refractivity contribution in [2.45, 2.75) is 9.79 Å². The Kier molecular flexibility index (Phi) is 6.24. The Morgan fingerprint density at radius 1 is 0.962 bits per heavy atom. The van der Waals surface area contributed by atoms with Crippen LogP contribution in [0.1, 0.15) is 0 Å². The van der Waals surface area contributed by atoms with E-state index in [4.69, 9.17) is 11.6 Å². The molecule has 3 rings (SSSR count). The van der Waals surface area contributed by atoms with E-state index in [-0.39, 0.29) is 16.6 Å². The van der Waals surface area contributed by atoms with Gasteiger partial charge >= 0.3 is 0 Å². The second kappa shape index (κ2) is 8.43. The van der Waals surface area contributed by atoms with Gasteiger partial charge in [0.05, 0.1) is 15.7 Å². The van der Waals surface area contributed by atoms with Crippen molar-refractivity contribution in [1.29, 1.82) is 0 Å². The van der Waals surface area contributed by atoms with Crippen LogP contribution < -0.4 is 0 Å². The van der Waals surface area contributed by atoms with E-state index in [2.05, 4.69) is 0 Å².